The Bertz CT molecular complexity index is 1110. The number of benzene rings is 2. The first kappa shape index (κ1) is 24.8. The van der Waals surface area contributed by atoms with Crippen LogP contribution in [0.5, 0.6) is 5.75 Å². The summed E-state index contributed by atoms with van der Waals surface area (Å²) in [7, 11) is 5.66. The van der Waals surface area contributed by atoms with Crippen LogP contribution in [0.15, 0.2) is 48.7 Å². The number of ether oxygens (including phenoxy) is 1. The number of carbonyl (C=O) groups is 1. The molecule has 3 rings (SSSR count). The number of carbonyl (C=O) groups excluding carboxylic acids is 1. The number of hydrogen-bond donors (Lipinski definition) is 1. The fourth-order valence-electron chi connectivity index (χ4n) is 3.24. The van der Waals surface area contributed by atoms with E-state index in [0.29, 0.717) is 28.1 Å². The van der Waals surface area contributed by atoms with E-state index < -0.39 is 0 Å². The van der Waals surface area contributed by atoms with Gasteiger partial charge in [-0.1, -0.05) is 41.4 Å². The summed E-state index contributed by atoms with van der Waals surface area (Å²) in [5, 5.41) is 4.03. The molecule has 174 valence electrons. The van der Waals surface area contributed by atoms with Gasteiger partial charge < -0.3 is 19.5 Å². The molecule has 33 heavy (non-hydrogen) atoms. The smallest absolute Gasteiger partial charge is 0.239 e. The lowest BCUT2D eigenvalue weighted by atomic mass is 10.2. The Balaban J connectivity index is 1.83. The van der Waals surface area contributed by atoms with E-state index in [4.69, 9.17) is 32.9 Å². The van der Waals surface area contributed by atoms with Gasteiger partial charge in [0.15, 0.2) is 0 Å². The zero-order chi connectivity index (χ0) is 23.8. The van der Waals surface area contributed by atoms with Gasteiger partial charge in [-0.2, -0.15) is 0 Å². The summed E-state index contributed by atoms with van der Waals surface area (Å²) >= 11 is 12.4. The van der Waals surface area contributed by atoms with Crippen molar-refractivity contribution in [1.82, 2.24) is 19.8 Å². The van der Waals surface area contributed by atoms with Crippen LogP contribution in [-0.2, 0) is 11.3 Å². The van der Waals surface area contributed by atoms with Gasteiger partial charge in [0.05, 0.1) is 17.8 Å². The Morgan fingerprint density at radius 2 is 1.91 bits per heavy atom. The zero-order valence-electron chi connectivity index (χ0n) is 19.0. The molecule has 6 nitrogen and oxygen atoms in total. The predicted octanol–water partition coefficient (Wildman–Crippen LogP) is 5.10. The van der Waals surface area contributed by atoms with Gasteiger partial charge in [-0.3, -0.25) is 4.79 Å². The van der Waals surface area contributed by atoms with Crippen LogP contribution in [0.1, 0.15) is 17.8 Å². The molecule has 3 aromatic rings. The average molecular weight is 487 g/mol. The average Bonchev–Trinajstić information content (AvgIpc) is 3.17. The minimum absolute atomic E-state index is 0.0704. The van der Waals surface area contributed by atoms with Crippen molar-refractivity contribution in [3.63, 3.8) is 0 Å². The first-order chi connectivity index (χ1) is 15.9. The topological polar surface area (TPSA) is 59.4 Å². The number of methoxy groups -OCH3 is 1. The molecule has 1 heterocycles. The molecule has 0 aliphatic heterocycles. The summed E-state index contributed by atoms with van der Waals surface area (Å²) in [5.41, 5.74) is 2.42. The van der Waals surface area contributed by atoms with Gasteiger partial charge in [-0.05, 0) is 69.0 Å². The lowest BCUT2D eigenvalue weighted by Crippen LogP contribution is -2.30. The van der Waals surface area contributed by atoms with E-state index in [9.17, 15) is 4.79 Å². The van der Waals surface area contributed by atoms with Crippen LogP contribution in [0.4, 0.5) is 0 Å². The van der Waals surface area contributed by atoms with E-state index in [1.807, 2.05) is 67.3 Å². The van der Waals surface area contributed by atoms with Gasteiger partial charge in [0, 0.05) is 23.3 Å². The molecule has 0 bridgehead atoms. The molecule has 0 unspecified atom stereocenters. The molecule has 0 aliphatic carbocycles. The molecule has 2 aromatic carbocycles. The summed E-state index contributed by atoms with van der Waals surface area (Å²) < 4.78 is 7.03. The number of nitrogens with zero attached hydrogens (tertiary/aromatic N) is 3. The van der Waals surface area contributed by atoms with Crippen molar-refractivity contribution in [1.29, 1.82) is 0 Å². The Morgan fingerprint density at radius 1 is 1.15 bits per heavy atom. The molecule has 1 aromatic heterocycles. The molecule has 0 atom stereocenters. The highest BCUT2D eigenvalue weighted by molar-refractivity contribution is 6.36. The van der Waals surface area contributed by atoms with Crippen LogP contribution in [-0.4, -0.2) is 54.7 Å². The largest absolute Gasteiger partial charge is 0.497 e. The highest BCUT2D eigenvalue weighted by atomic mass is 35.5. The number of halogens is 2. The van der Waals surface area contributed by atoms with Gasteiger partial charge in [0.2, 0.25) is 5.91 Å². The molecule has 0 spiro atoms. The third-order valence-electron chi connectivity index (χ3n) is 4.97. The molecule has 0 saturated carbocycles. The van der Waals surface area contributed by atoms with E-state index in [1.54, 1.807) is 19.2 Å². The second-order valence-corrected chi connectivity index (χ2v) is 8.69. The molecule has 1 amide bonds. The minimum atomic E-state index is -0.0704. The fraction of sp³-hybridized carbons (Fsp3) is 0.280. The molecule has 0 radical (unpaired) electrons. The minimum Gasteiger partial charge on any atom is -0.497 e. The lowest BCUT2D eigenvalue weighted by Gasteiger charge is -2.10. The Labute approximate surface area is 204 Å². The van der Waals surface area contributed by atoms with Crippen molar-refractivity contribution in [2.75, 3.05) is 34.3 Å². The first-order valence-electron chi connectivity index (χ1n) is 10.6. The monoisotopic (exact) mass is 486 g/mol. The maximum Gasteiger partial charge on any atom is 0.239 e. The second kappa shape index (κ2) is 11.9. The summed E-state index contributed by atoms with van der Waals surface area (Å²) in [6, 6.07) is 13.0. The van der Waals surface area contributed by atoms with Crippen LogP contribution >= 0.6 is 23.2 Å². The standard InChI is InChI=1S/C25H28Cl2N4O2/c1-30(2)14-4-13-28-25(32)17-31-16-23(21-11-8-19(26)15-22(21)27)29-24(31)12-7-18-5-9-20(33-3)10-6-18/h5-12,15-16H,4,13-14,17H2,1-3H3,(H,28,32). The molecule has 0 aliphatic rings. The van der Waals surface area contributed by atoms with Crippen LogP contribution in [0.2, 0.25) is 10.0 Å². The summed E-state index contributed by atoms with van der Waals surface area (Å²) in [6.45, 7) is 1.70. The van der Waals surface area contributed by atoms with Crippen LogP contribution in [0.25, 0.3) is 23.4 Å². The summed E-state index contributed by atoms with van der Waals surface area (Å²) in [6.07, 6.45) is 6.55. The third kappa shape index (κ3) is 7.35. The SMILES string of the molecule is COc1ccc(C=Cc2nc(-c3ccc(Cl)cc3Cl)cn2CC(=O)NCCCN(C)C)cc1. The fourth-order valence-corrected chi connectivity index (χ4v) is 3.74. The molecule has 8 heteroatoms. The number of amides is 1. The van der Waals surface area contributed by atoms with E-state index in [2.05, 4.69) is 10.2 Å². The van der Waals surface area contributed by atoms with Crippen LogP contribution < -0.4 is 10.1 Å². The molecule has 0 fully saturated rings. The van der Waals surface area contributed by atoms with Crippen molar-refractivity contribution in [3.8, 4) is 17.0 Å². The summed E-state index contributed by atoms with van der Waals surface area (Å²) in [5.74, 6) is 1.37. The number of aromatic nitrogens is 2. The Kier molecular flexibility index (Phi) is 8.95. The maximum atomic E-state index is 12.6. The van der Waals surface area contributed by atoms with Crippen LogP contribution in [0.3, 0.4) is 0 Å². The van der Waals surface area contributed by atoms with E-state index >= 15 is 0 Å². The number of rotatable bonds is 10. The quantitative estimate of drug-likeness (QED) is 0.404. The van der Waals surface area contributed by atoms with Crippen molar-refractivity contribution in [2.45, 2.75) is 13.0 Å². The maximum absolute atomic E-state index is 12.6. The van der Waals surface area contributed by atoms with Gasteiger partial charge in [0.1, 0.15) is 18.1 Å². The van der Waals surface area contributed by atoms with Gasteiger partial charge >= 0.3 is 0 Å². The van der Waals surface area contributed by atoms with E-state index in [1.165, 1.54) is 0 Å². The number of hydrogen-bond acceptors (Lipinski definition) is 4. The molecular formula is C25H28Cl2N4O2. The van der Waals surface area contributed by atoms with E-state index in [-0.39, 0.29) is 12.5 Å². The van der Waals surface area contributed by atoms with Crippen molar-refractivity contribution in [2.24, 2.45) is 0 Å². The van der Waals surface area contributed by atoms with Crippen molar-refractivity contribution < 1.29 is 9.53 Å². The second-order valence-electron chi connectivity index (χ2n) is 7.85. The highest BCUT2D eigenvalue weighted by Crippen LogP contribution is 2.30. The predicted molar refractivity (Wildman–Crippen MR) is 136 cm³/mol. The van der Waals surface area contributed by atoms with Gasteiger partial charge in [0.25, 0.3) is 0 Å². The molecule has 0 saturated heterocycles. The molecular weight excluding hydrogens is 459 g/mol. The van der Waals surface area contributed by atoms with Gasteiger partial charge in [-0.15, -0.1) is 0 Å². The summed E-state index contributed by atoms with van der Waals surface area (Å²) in [4.78, 5) is 19.4. The lowest BCUT2D eigenvalue weighted by molar-refractivity contribution is -0.121. The molecule has 1 N–H and O–H groups in total. The van der Waals surface area contributed by atoms with Crippen molar-refractivity contribution >= 4 is 41.3 Å². The highest BCUT2D eigenvalue weighted by Gasteiger charge is 2.13. The van der Waals surface area contributed by atoms with E-state index in [0.717, 1.165) is 29.8 Å². The number of nitrogens with one attached hydrogen (secondary N) is 1. The van der Waals surface area contributed by atoms with Crippen molar-refractivity contribution in [3.05, 3.63) is 70.1 Å². The van der Waals surface area contributed by atoms with Gasteiger partial charge in [-0.25, -0.2) is 4.98 Å². The Morgan fingerprint density at radius 3 is 2.58 bits per heavy atom. The Hall–Kier alpha value is -2.80. The zero-order valence-corrected chi connectivity index (χ0v) is 20.5. The number of imidazole rings is 1. The van der Waals surface area contributed by atoms with Crippen LogP contribution in [0, 0.1) is 0 Å². The first-order valence-corrected chi connectivity index (χ1v) is 11.4. The third-order valence-corrected chi connectivity index (χ3v) is 5.52. The normalized spacial score (nSPS) is 11.3.